The number of hydrogen-bond donors (Lipinski definition) is 1. The second-order valence-electron chi connectivity index (χ2n) is 4.05. The lowest BCUT2D eigenvalue weighted by atomic mass is 10.2. The summed E-state index contributed by atoms with van der Waals surface area (Å²) in [7, 11) is 0. The first kappa shape index (κ1) is 12.6. The molecule has 0 fully saturated rings. The molecular weight excluding hydrogens is 250 g/mol. The average Bonchev–Trinajstić information content (AvgIpc) is 2.70. The number of carbonyl (C=O) groups is 1. The molecule has 0 aliphatic heterocycles. The van der Waals surface area contributed by atoms with Crippen LogP contribution in [0.15, 0.2) is 30.3 Å². The highest BCUT2D eigenvalue weighted by Gasteiger charge is 2.11. The predicted molar refractivity (Wildman–Crippen MR) is 72.4 cm³/mol. The Morgan fingerprint density at radius 3 is 2.78 bits per heavy atom. The van der Waals surface area contributed by atoms with Crippen molar-refractivity contribution in [2.24, 2.45) is 0 Å². The van der Waals surface area contributed by atoms with E-state index in [4.69, 9.17) is 11.6 Å². The number of carbonyl (C=O) groups excluding carboxylic acids is 1. The molecule has 18 heavy (non-hydrogen) atoms. The third-order valence-electron chi connectivity index (χ3n) is 2.56. The summed E-state index contributed by atoms with van der Waals surface area (Å²) in [6.07, 6.45) is 0. The Kier molecular flexibility index (Phi) is 3.67. The van der Waals surface area contributed by atoms with Crippen LogP contribution in [0.1, 0.15) is 11.3 Å². The van der Waals surface area contributed by atoms with Crippen molar-refractivity contribution in [3.63, 3.8) is 0 Å². The lowest BCUT2D eigenvalue weighted by Crippen LogP contribution is -2.16. The van der Waals surface area contributed by atoms with Crippen LogP contribution in [0.2, 0.25) is 0 Å². The summed E-state index contributed by atoms with van der Waals surface area (Å²) < 4.78 is 1.72. The lowest BCUT2D eigenvalue weighted by molar-refractivity contribution is -0.114. The van der Waals surface area contributed by atoms with E-state index in [0.717, 1.165) is 16.9 Å². The zero-order valence-corrected chi connectivity index (χ0v) is 11.0. The molecule has 0 bridgehead atoms. The number of amides is 1. The fourth-order valence-corrected chi connectivity index (χ4v) is 1.82. The zero-order valence-electron chi connectivity index (χ0n) is 10.3. The maximum Gasteiger partial charge on any atom is 0.240 e. The molecule has 4 nitrogen and oxygen atoms in total. The normalized spacial score (nSPS) is 10.4. The van der Waals surface area contributed by atoms with E-state index in [9.17, 15) is 4.79 Å². The van der Waals surface area contributed by atoms with Gasteiger partial charge in [-0.1, -0.05) is 18.2 Å². The number of benzene rings is 1. The van der Waals surface area contributed by atoms with E-state index in [1.54, 1.807) is 4.68 Å². The van der Waals surface area contributed by atoms with Gasteiger partial charge in [0.1, 0.15) is 11.7 Å². The molecule has 0 unspecified atom stereocenters. The largest absolute Gasteiger partial charge is 0.310 e. The van der Waals surface area contributed by atoms with Gasteiger partial charge in [0.15, 0.2) is 0 Å². The number of alkyl halides is 1. The predicted octanol–water partition coefficient (Wildman–Crippen LogP) is 2.67. The second-order valence-corrected chi connectivity index (χ2v) is 4.32. The molecule has 0 saturated carbocycles. The van der Waals surface area contributed by atoms with Crippen LogP contribution in [-0.2, 0) is 4.79 Å². The van der Waals surface area contributed by atoms with Gasteiger partial charge < -0.3 is 5.32 Å². The number of halogens is 1. The molecule has 0 spiro atoms. The van der Waals surface area contributed by atoms with Gasteiger partial charge >= 0.3 is 0 Å². The number of hydrogen-bond acceptors (Lipinski definition) is 2. The quantitative estimate of drug-likeness (QED) is 0.866. The highest BCUT2D eigenvalue weighted by atomic mass is 35.5. The molecule has 1 heterocycles. The Bertz CT molecular complexity index is 577. The number of aryl methyl sites for hydroxylation is 2. The summed E-state index contributed by atoms with van der Waals surface area (Å²) >= 11 is 5.50. The van der Waals surface area contributed by atoms with Gasteiger partial charge in [0.05, 0.1) is 11.4 Å². The number of nitrogens with one attached hydrogen (secondary N) is 1. The van der Waals surface area contributed by atoms with Crippen molar-refractivity contribution in [1.29, 1.82) is 0 Å². The number of rotatable bonds is 3. The Balaban J connectivity index is 2.45. The first-order valence-electron chi connectivity index (χ1n) is 5.60. The van der Waals surface area contributed by atoms with Gasteiger partial charge in [0, 0.05) is 6.07 Å². The minimum atomic E-state index is -0.244. The molecule has 0 aliphatic carbocycles. The van der Waals surface area contributed by atoms with Crippen LogP contribution in [0.3, 0.4) is 0 Å². The fourth-order valence-electron chi connectivity index (χ4n) is 1.75. The number of anilines is 1. The van der Waals surface area contributed by atoms with Crippen molar-refractivity contribution in [3.8, 4) is 5.69 Å². The third-order valence-corrected chi connectivity index (χ3v) is 2.81. The summed E-state index contributed by atoms with van der Waals surface area (Å²) in [5.41, 5.74) is 2.86. The van der Waals surface area contributed by atoms with E-state index in [2.05, 4.69) is 10.4 Å². The van der Waals surface area contributed by atoms with Gasteiger partial charge in [-0.3, -0.25) is 4.79 Å². The molecule has 2 aromatic rings. The number of para-hydroxylation sites is 1. The van der Waals surface area contributed by atoms with E-state index in [1.807, 2.05) is 44.2 Å². The van der Waals surface area contributed by atoms with Crippen LogP contribution in [0.25, 0.3) is 5.69 Å². The number of nitrogens with zero attached hydrogens (tertiary/aromatic N) is 2. The summed E-state index contributed by atoms with van der Waals surface area (Å²) in [5.74, 6) is 0.316. The molecule has 0 radical (unpaired) electrons. The van der Waals surface area contributed by atoms with Crippen LogP contribution in [0.5, 0.6) is 0 Å². The van der Waals surface area contributed by atoms with E-state index in [1.165, 1.54) is 0 Å². The van der Waals surface area contributed by atoms with Crippen LogP contribution < -0.4 is 5.32 Å². The zero-order chi connectivity index (χ0) is 13.1. The van der Waals surface area contributed by atoms with Crippen molar-refractivity contribution in [1.82, 2.24) is 9.78 Å². The van der Waals surface area contributed by atoms with Gasteiger partial charge in [-0.05, 0) is 25.5 Å². The minimum absolute atomic E-state index is 0.0714. The van der Waals surface area contributed by atoms with Gasteiger partial charge in [0.25, 0.3) is 0 Å². The Hall–Kier alpha value is -1.81. The summed E-state index contributed by atoms with van der Waals surface area (Å²) in [6, 6.07) is 9.67. The van der Waals surface area contributed by atoms with E-state index < -0.39 is 0 Å². The van der Waals surface area contributed by atoms with E-state index in [-0.39, 0.29) is 11.8 Å². The molecule has 0 aliphatic rings. The Morgan fingerprint density at radius 2 is 2.11 bits per heavy atom. The Morgan fingerprint density at radius 1 is 1.39 bits per heavy atom. The first-order chi connectivity index (χ1) is 8.61. The van der Waals surface area contributed by atoms with Crippen molar-refractivity contribution in [2.45, 2.75) is 13.8 Å². The molecule has 1 N–H and O–H groups in total. The van der Waals surface area contributed by atoms with Crippen molar-refractivity contribution in [2.75, 3.05) is 11.2 Å². The monoisotopic (exact) mass is 263 g/mol. The maximum absolute atomic E-state index is 11.4. The van der Waals surface area contributed by atoms with Crippen LogP contribution in [-0.4, -0.2) is 21.6 Å². The second kappa shape index (κ2) is 5.23. The summed E-state index contributed by atoms with van der Waals surface area (Å²) in [4.78, 5) is 11.4. The standard InChI is InChI=1S/C13H14ClN3O/c1-9-5-3-4-6-11(9)17-12(7-10(2)16-17)15-13(18)8-14/h3-7H,8H2,1-2H3,(H,15,18). The van der Waals surface area contributed by atoms with Gasteiger partial charge in [-0.25, -0.2) is 4.68 Å². The average molecular weight is 264 g/mol. The molecule has 1 amide bonds. The SMILES string of the molecule is Cc1cc(NC(=O)CCl)n(-c2ccccc2C)n1. The highest BCUT2D eigenvalue weighted by Crippen LogP contribution is 2.19. The molecule has 0 saturated heterocycles. The maximum atomic E-state index is 11.4. The highest BCUT2D eigenvalue weighted by molar-refractivity contribution is 6.29. The molecule has 5 heteroatoms. The minimum Gasteiger partial charge on any atom is -0.310 e. The molecular formula is C13H14ClN3O. The van der Waals surface area contributed by atoms with Gasteiger partial charge in [-0.15, -0.1) is 11.6 Å². The van der Waals surface area contributed by atoms with Gasteiger partial charge in [-0.2, -0.15) is 5.10 Å². The first-order valence-corrected chi connectivity index (χ1v) is 6.13. The molecule has 2 rings (SSSR count). The van der Waals surface area contributed by atoms with Gasteiger partial charge in [0.2, 0.25) is 5.91 Å². The van der Waals surface area contributed by atoms with Crippen molar-refractivity contribution < 1.29 is 4.79 Å². The Labute approximate surface area is 111 Å². The topological polar surface area (TPSA) is 46.9 Å². The van der Waals surface area contributed by atoms with Crippen LogP contribution in [0, 0.1) is 13.8 Å². The molecule has 94 valence electrons. The lowest BCUT2D eigenvalue weighted by Gasteiger charge is -2.10. The molecule has 0 atom stereocenters. The smallest absolute Gasteiger partial charge is 0.240 e. The van der Waals surface area contributed by atoms with Crippen molar-refractivity contribution >= 4 is 23.3 Å². The molecule has 1 aromatic carbocycles. The van der Waals surface area contributed by atoms with E-state index >= 15 is 0 Å². The van der Waals surface area contributed by atoms with Crippen LogP contribution in [0.4, 0.5) is 5.82 Å². The fraction of sp³-hybridized carbons (Fsp3) is 0.231. The molecule has 1 aromatic heterocycles. The number of aromatic nitrogens is 2. The van der Waals surface area contributed by atoms with E-state index in [0.29, 0.717) is 5.82 Å². The summed E-state index contributed by atoms with van der Waals surface area (Å²) in [5, 5.41) is 7.12. The van der Waals surface area contributed by atoms with Crippen molar-refractivity contribution in [3.05, 3.63) is 41.6 Å². The van der Waals surface area contributed by atoms with Crippen LogP contribution >= 0.6 is 11.6 Å². The third kappa shape index (κ3) is 2.54. The summed E-state index contributed by atoms with van der Waals surface area (Å²) in [6.45, 7) is 3.88.